The summed E-state index contributed by atoms with van der Waals surface area (Å²) >= 11 is 0. The number of fused-ring (bicyclic) bond motifs is 3. The first-order chi connectivity index (χ1) is 13.1. The van der Waals surface area contributed by atoms with Gasteiger partial charge in [0.05, 0.1) is 0 Å². The summed E-state index contributed by atoms with van der Waals surface area (Å²) in [7, 11) is 0. The Morgan fingerprint density at radius 1 is 0.704 bits per heavy atom. The predicted molar refractivity (Wildman–Crippen MR) is 105 cm³/mol. The minimum absolute atomic E-state index is 0.194. The zero-order valence-electron chi connectivity index (χ0n) is 15.0. The van der Waals surface area contributed by atoms with Gasteiger partial charge in [-0.05, 0) is 52.3 Å². The lowest BCUT2D eigenvalue weighted by Crippen LogP contribution is -1.91. The summed E-state index contributed by atoms with van der Waals surface area (Å²) in [6.45, 7) is 2.17. The van der Waals surface area contributed by atoms with Gasteiger partial charge in [-0.3, -0.25) is 0 Å². The molecule has 0 saturated heterocycles. The second kappa shape index (κ2) is 7.07. The molecule has 0 aliphatic rings. The first-order valence-corrected chi connectivity index (χ1v) is 9.17. The molecule has 0 bridgehead atoms. The molecular weight excluding hydrogens is 345 g/mol. The normalized spacial score (nSPS) is 11.4. The van der Waals surface area contributed by atoms with Gasteiger partial charge in [-0.1, -0.05) is 55.8 Å². The molecule has 27 heavy (non-hydrogen) atoms. The largest absolute Gasteiger partial charge is 0.207 e. The van der Waals surface area contributed by atoms with Crippen LogP contribution in [0.1, 0.15) is 25.3 Å². The van der Waals surface area contributed by atoms with Crippen molar-refractivity contribution in [3.05, 3.63) is 83.7 Å². The smallest absolute Gasteiger partial charge is 0.138 e. The fraction of sp³-hybridized carbons (Fsp3) is 0.167. The Hall–Kier alpha value is -2.81. The topological polar surface area (TPSA) is 0 Å². The lowest BCUT2D eigenvalue weighted by atomic mass is 9.95. The monoisotopic (exact) mass is 364 g/mol. The van der Waals surface area contributed by atoms with Gasteiger partial charge in [-0.2, -0.15) is 0 Å². The lowest BCUT2D eigenvalue weighted by Gasteiger charge is -2.11. The van der Waals surface area contributed by atoms with E-state index >= 15 is 4.39 Å². The average molecular weight is 364 g/mol. The second-order valence-electron chi connectivity index (χ2n) is 6.90. The van der Waals surface area contributed by atoms with Gasteiger partial charge in [0, 0.05) is 17.0 Å². The van der Waals surface area contributed by atoms with Crippen LogP contribution in [0.25, 0.3) is 32.7 Å². The molecule has 3 heteroatoms. The zero-order valence-corrected chi connectivity index (χ0v) is 15.0. The van der Waals surface area contributed by atoms with E-state index in [9.17, 15) is 8.78 Å². The number of unbranched alkanes of at least 4 members (excludes halogenated alkanes) is 1. The first-order valence-electron chi connectivity index (χ1n) is 9.17. The van der Waals surface area contributed by atoms with Crippen molar-refractivity contribution in [2.45, 2.75) is 26.2 Å². The van der Waals surface area contributed by atoms with Crippen LogP contribution in [0.5, 0.6) is 0 Å². The summed E-state index contributed by atoms with van der Waals surface area (Å²) in [4.78, 5) is 0. The maximum absolute atomic E-state index is 15.1. The number of aryl methyl sites for hydroxylation is 1. The van der Waals surface area contributed by atoms with Crippen molar-refractivity contribution in [2.24, 2.45) is 0 Å². The summed E-state index contributed by atoms with van der Waals surface area (Å²) in [6.07, 6.45) is 3.31. The summed E-state index contributed by atoms with van der Waals surface area (Å²) in [5.74, 6) is -1.90. The average Bonchev–Trinajstić information content (AvgIpc) is 2.65. The summed E-state index contributed by atoms with van der Waals surface area (Å²) in [5, 5.41) is 3.29. The maximum atomic E-state index is 15.1. The number of hydrogen-bond acceptors (Lipinski definition) is 0. The van der Waals surface area contributed by atoms with Crippen LogP contribution in [0.2, 0.25) is 0 Å². The predicted octanol–water partition coefficient (Wildman–Crippen LogP) is 7.42. The molecule has 0 saturated carbocycles. The van der Waals surface area contributed by atoms with Crippen molar-refractivity contribution < 1.29 is 13.2 Å². The van der Waals surface area contributed by atoms with Crippen LogP contribution >= 0.6 is 0 Å². The van der Waals surface area contributed by atoms with Gasteiger partial charge in [-0.15, -0.1) is 0 Å². The minimum atomic E-state index is -0.720. The molecule has 0 aliphatic heterocycles. The van der Waals surface area contributed by atoms with Crippen molar-refractivity contribution in [1.82, 2.24) is 0 Å². The van der Waals surface area contributed by atoms with E-state index in [1.165, 1.54) is 5.56 Å². The highest BCUT2D eigenvalue weighted by Gasteiger charge is 2.13. The Bertz CT molecular complexity index is 1130. The van der Waals surface area contributed by atoms with E-state index in [4.69, 9.17) is 0 Å². The molecule has 0 amide bonds. The van der Waals surface area contributed by atoms with E-state index in [0.29, 0.717) is 5.39 Å². The lowest BCUT2D eigenvalue weighted by molar-refractivity contribution is 0.583. The van der Waals surface area contributed by atoms with Gasteiger partial charge in [0.15, 0.2) is 0 Å². The molecule has 0 N–H and O–H groups in total. The fourth-order valence-corrected chi connectivity index (χ4v) is 3.63. The van der Waals surface area contributed by atoms with E-state index in [1.807, 2.05) is 18.2 Å². The van der Waals surface area contributed by atoms with Crippen LogP contribution in [0.4, 0.5) is 13.2 Å². The highest BCUT2D eigenvalue weighted by molar-refractivity contribution is 6.08. The summed E-state index contributed by atoms with van der Waals surface area (Å²) < 4.78 is 42.2. The van der Waals surface area contributed by atoms with E-state index in [0.717, 1.165) is 53.6 Å². The Kier molecular flexibility index (Phi) is 4.61. The van der Waals surface area contributed by atoms with Crippen molar-refractivity contribution in [3.63, 3.8) is 0 Å². The van der Waals surface area contributed by atoms with Crippen LogP contribution in [0, 0.1) is 17.5 Å². The Labute approximate surface area is 156 Å². The number of halogens is 3. The quantitative estimate of drug-likeness (QED) is 0.331. The number of hydrogen-bond donors (Lipinski definition) is 0. The Morgan fingerprint density at radius 3 is 2.15 bits per heavy atom. The van der Waals surface area contributed by atoms with E-state index in [-0.39, 0.29) is 11.1 Å². The van der Waals surface area contributed by atoms with Crippen LogP contribution in [-0.2, 0) is 6.42 Å². The molecule has 0 radical (unpaired) electrons. The molecule has 0 aromatic heterocycles. The summed E-state index contributed by atoms with van der Waals surface area (Å²) in [6, 6.07) is 16.4. The van der Waals surface area contributed by atoms with Gasteiger partial charge in [-0.25, -0.2) is 13.2 Å². The molecule has 4 aromatic rings. The van der Waals surface area contributed by atoms with E-state index in [1.54, 1.807) is 12.1 Å². The third kappa shape index (κ3) is 3.30. The van der Waals surface area contributed by atoms with E-state index in [2.05, 4.69) is 19.1 Å². The zero-order chi connectivity index (χ0) is 19.0. The minimum Gasteiger partial charge on any atom is -0.207 e. The van der Waals surface area contributed by atoms with Crippen molar-refractivity contribution in [3.8, 4) is 11.1 Å². The third-order valence-corrected chi connectivity index (χ3v) is 5.01. The van der Waals surface area contributed by atoms with Crippen molar-refractivity contribution >= 4 is 21.5 Å². The van der Waals surface area contributed by atoms with E-state index < -0.39 is 17.5 Å². The van der Waals surface area contributed by atoms with Crippen LogP contribution in [0.3, 0.4) is 0 Å². The maximum Gasteiger partial charge on any atom is 0.138 e. The van der Waals surface area contributed by atoms with Gasteiger partial charge >= 0.3 is 0 Å². The molecule has 4 aromatic carbocycles. The second-order valence-corrected chi connectivity index (χ2v) is 6.90. The molecule has 0 atom stereocenters. The van der Waals surface area contributed by atoms with Crippen LogP contribution in [0.15, 0.2) is 60.7 Å². The molecule has 0 spiro atoms. The van der Waals surface area contributed by atoms with Gasteiger partial charge in [0.1, 0.15) is 17.5 Å². The van der Waals surface area contributed by atoms with Crippen molar-refractivity contribution in [1.29, 1.82) is 0 Å². The van der Waals surface area contributed by atoms with Gasteiger partial charge < -0.3 is 0 Å². The standard InChI is InChI=1S/C24H19F3/c1-2-3-4-15-5-7-20-16(11-15)6-8-23-22(20)10-9-21(24(23)27)17-12-18(25)14-19(26)13-17/h5-14H,2-4H2,1H3. The third-order valence-electron chi connectivity index (χ3n) is 5.01. The van der Waals surface area contributed by atoms with Gasteiger partial charge in [0.25, 0.3) is 0 Å². The van der Waals surface area contributed by atoms with Gasteiger partial charge in [0.2, 0.25) is 0 Å². The summed E-state index contributed by atoms with van der Waals surface area (Å²) in [5.41, 5.74) is 1.66. The molecule has 0 aliphatic carbocycles. The molecule has 0 fully saturated rings. The van der Waals surface area contributed by atoms with Crippen molar-refractivity contribution in [2.75, 3.05) is 0 Å². The first kappa shape index (κ1) is 17.6. The molecule has 4 rings (SSSR count). The highest BCUT2D eigenvalue weighted by atomic mass is 19.1. The Balaban J connectivity index is 1.87. The molecule has 0 heterocycles. The fourth-order valence-electron chi connectivity index (χ4n) is 3.63. The molecule has 136 valence electrons. The Morgan fingerprint density at radius 2 is 1.41 bits per heavy atom. The highest BCUT2D eigenvalue weighted by Crippen LogP contribution is 2.34. The van der Waals surface area contributed by atoms with Crippen LogP contribution < -0.4 is 0 Å². The SMILES string of the molecule is CCCCc1ccc2c(ccc3c(F)c(-c4cc(F)cc(F)c4)ccc32)c1. The number of rotatable bonds is 4. The number of benzene rings is 4. The molecule has 0 nitrogen and oxygen atoms in total. The molecular formula is C24H19F3. The van der Waals surface area contributed by atoms with Crippen LogP contribution in [-0.4, -0.2) is 0 Å². The molecule has 0 unspecified atom stereocenters.